The van der Waals surface area contributed by atoms with Crippen LogP contribution in [-0.2, 0) is 4.79 Å². The van der Waals surface area contributed by atoms with Crippen molar-refractivity contribution in [2.75, 3.05) is 5.32 Å². The molecule has 100 valence electrons. The third kappa shape index (κ3) is 3.13. The third-order valence-electron chi connectivity index (χ3n) is 2.55. The van der Waals surface area contributed by atoms with Gasteiger partial charge in [0.1, 0.15) is 6.26 Å². The molecule has 0 bridgehead atoms. The van der Waals surface area contributed by atoms with Gasteiger partial charge in [-0.3, -0.25) is 9.59 Å². The van der Waals surface area contributed by atoms with Crippen molar-refractivity contribution in [3.8, 4) is 6.07 Å². The molecule has 1 amide bonds. The number of furan rings is 1. The van der Waals surface area contributed by atoms with E-state index in [1.165, 1.54) is 12.3 Å². The normalized spacial score (nSPS) is 11.4. The van der Waals surface area contributed by atoms with E-state index in [9.17, 15) is 9.59 Å². The number of rotatable bonds is 4. The maximum Gasteiger partial charge on any atom is 0.249 e. The number of nitrogens with zero attached hydrogens (tertiary/aromatic N) is 1. The van der Waals surface area contributed by atoms with E-state index in [2.05, 4.69) is 21.2 Å². The Hall–Kier alpha value is -2.39. The molecule has 1 N–H and O–H groups in total. The minimum Gasteiger partial charge on any atom is -0.457 e. The second-order valence-corrected chi connectivity index (χ2v) is 4.70. The van der Waals surface area contributed by atoms with E-state index in [1.807, 2.05) is 0 Å². The lowest BCUT2D eigenvalue weighted by Gasteiger charge is -2.08. The second kappa shape index (κ2) is 6.17. The van der Waals surface area contributed by atoms with Crippen molar-refractivity contribution in [2.24, 2.45) is 5.92 Å². The van der Waals surface area contributed by atoms with Crippen molar-refractivity contribution in [1.82, 2.24) is 0 Å². The standard InChI is InChI=1S/C14H9BrN2O3/c15-12-6-9(8-20-12)13(18)11(7-16)14(19)17-10-4-2-1-3-5-10/h1-6,8,11H,(H,17,19)/t11-/m0/s1. The quantitative estimate of drug-likeness (QED) is 0.689. The zero-order valence-corrected chi connectivity index (χ0v) is 11.8. The SMILES string of the molecule is N#C[C@H](C(=O)Nc1ccccc1)C(=O)c1coc(Br)c1. The van der Waals surface area contributed by atoms with E-state index >= 15 is 0 Å². The van der Waals surface area contributed by atoms with Gasteiger partial charge in [-0.2, -0.15) is 5.26 Å². The van der Waals surface area contributed by atoms with Crippen LogP contribution in [0.25, 0.3) is 0 Å². The monoisotopic (exact) mass is 332 g/mol. The zero-order chi connectivity index (χ0) is 14.5. The number of para-hydroxylation sites is 1. The lowest BCUT2D eigenvalue weighted by molar-refractivity contribution is -0.117. The van der Waals surface area contributed by atoms with Gasteiger partial charge in [0, 0.05) is 11.8 Å². The molecule has 2 aromatic rings. The number of amides is 1. The topological polar surface area (TPSA) is 83.1 Å². The summed E-state index contributed by atoms with van der Waals surface area (Å²) in [6.07, 6.45) is 1.20. The molecule has 0 spiro atoms. The molecule has 2 rings (SSSR count). The maximum absolute atomic E-state index is 12.1. The number of nitrogens with one attached hydrogen (secondary N) is 1. The van der Waals surface area contributed by atoms with Gasteiger partial charge < -0.3 is 9.73 Å². The molecular formula is C14H9BrN2O3. The molecule has 0 radical (unpaired) electrons. The number of hydrogen-bond acceptors (Lipinski definition) is 4. The molecule has 1 atom stereocenters. The molecule has 0 saturated heterocycles. The fourth-order valence-electron chi connectivity index (χ4n) is 1.58. The maximum atomic E-state index is 12.1. The first-order valence-electron chi connectivity index (χ1n) is 5.65. The van der Waals surface area contributed by atoms with E-state index < -0.39 is 17.6 Å². The smallest absolute Gasteiger partial charge is 0.249 e. The van der Waals surface area contributed by atoms with E-state index in [1.54, 1.807) is 36.4 Å². The molecule has 0 unspecified atom stereocenters. The number of carbonyl (C=O) groups excluding carboxylic acids is 2. The largest absolute Gasteiger partial charge is 0.457 e. The van der Waals surface area contributed by atoms with Crippen molar-refractivity contribution in [2.45, 2.75) is 0 Å². The van der Waals surface area contributed by atoms with E-state index in [0.717, 1.165) is 0 Å². The molecule has 0 aliphatic rings. The first-order chi connectivity index (χ1) is 9.61. The number of halogens is 1. The summed E-state index contributed by atoms with van der Waals surface area (Å²) in [5.41, 5.74) is 0.700. The second-order valence-electron chi connectivity index (χ2n) is 3.92. The van der Waals surface area contributed by atoms with E-state index in [-0.39, 0.29) is 5.56 Å². The van der Waals surface area contributed by atoms with Crippen molar-refractivity contribution in [3.63, 3.8) is 0 Å². The average molecular weight is 333 g/mol. The molecule has 1 aromatic heterocycles. The zero-order valence-electron chi connectivity index (χ0n) is 10.2. The summed E-state index contributed by atoms with van der Waals surface area (Å²) in [5, 5.41) is 11.6. The van der Waals surface area contributed by atoms with Gasteiger partial charge >= 0.3 is 0 Å². The predicted octanol–water partition coefficient (Wildman–Crippen LogP) is 3.00. The van der Waals surface area contributed by atoms with Crippen LogP contribution in [0, 0.1) is 17.2 Å². The van der Waals surface area contributed by atoms with Crippen molar-refractivity contribution >= 4 is 33.3 Å². The highest BCUT2D eigenvalue weighted by Gasteiger charge is 2.28. The van der Waals surface area contributed by atoms with Gasteiger partial charge in [0.15, 0.2) is 16.4 Å². The summed E-state index contributed by atoms with van der Waals surface area (Å²) in [6, 6.07) is 11.8. The highest BCUT2D eigenvalue weighted by atomic mass is 79.9. The van der Waals surface area contributed by atoms with Crippen LogP contribution in [0.15, 0.2) is 51.7 Å². The molecule has 0 aliphatic carbocycles. The minimum absolute atomic E-state index is 0.173. The number of ketones is 1. The lowest BCUT2D eigenvalue weighted by Crippen LogP contribution is -2.28. The molecule has 6 heteroatoms. The van der Waals surface area contributed by atoms with Crippen LogP contribution in [0.5, 0.6) is 0 Å². The molecule has 0 aliphatic heterocycles. The molecule has 5 nitrogen and oxygen atoms in total. The molecule has 0 fully saturated rings. The molecular weight excluding hydrogens is 324 g/mol. The van der Waals surface area contributed by atoms with Crippen LogP contribution in [0.2, 0.25) is 0 Å². The number of benzene rings is 1. The van der Waals surface area contributed by atoms with Crippen molar-refractivity contribution < 1.29 is 14.0 Å². The summed E-state index contributed by atoms with van der Waals surface area (Å²) in [6.45, 7) is 0. The molecule has 1 aromatic carbocycles. The summed E-state index contributed by atoms with van der Waals surface area (Å²) in [5.74, 6) is -2.68. The Morgan fingerprint density at radius 1 is 1.30 bits per heavy atom. The van der Waals surface area contributed by atoms with Crippen molar-refractivity contribution in [3.05, 3.63) is 52.9 Å². The predicted molar refractivity (Wildman–Crippen MR) is 74.9 cm³/mol. The Bertz CT molecular complexity index is 673. The van der Waals surface area contributed by atoms with Gasteiger partial charge in [-0.1, -0.05) is 18.2 Å². The number of nitriles is 1. The van der Waals surface area contributed by atoms with Crippen LogP contribution in [0.3, 0.4) is 0 Å². The van der Waals surface area contributed by atoms with Crippen LogP contribution in [0.4, 0.5) is 5.69 Å². The van der Waals surface area contributed by atoms with Crippen LogP contribution in [0.1, 0.15) is 10.4 Å². The number of anilines is 1. The fourth-order valence-corrected chi connectivity index (χ4v) is 1.92. The summed E-state index contributed by atoms with van der Waals surface area (Å²) in [7, 11) is 0. The van der Waals surface area contributed by atoms with Crippen LogP contribution in [-0.4, -0.2) is 11.7 Å². The summed E-state index contributed by atoms with van der Waals surface area (Å²) in [4.78, 5) is 24.0. The lowest BCUT2D eigenvalue weighted by atomic mass is 10.0. The Balaban J connectivity index is 2.14. The Morgan fingerprint density at radius 2 is 2.00 bits per heavy atom. The van der Waals surface area contributed by atoms with E-state index in [4.69, 9.17) is 9.68 Å². The van der Waals surface area contributed by atoms with Gasteiger partial charge in [0.25, 0.3) is 0 Å². The van der Waals surface area contributed by atoms with Gasteiger partial charge in [-0.05, 0) is 28.1 Å². The number of carbonyl (C=O) groups is 2. The van der Waals surface area contributed by atoms with Crippen molar-refractivity contribution in [1.29, 1.82) is 5.26 Å². The van der Waals surface area contributed by atoms with Gasteiger partial charge in [0.05, 0.1) is 11.6 Å². The number of hydrogen-bond donors (Lipinski definition) is 1. The van der Waals surface area contributed by atoms with Gasteiger partial charge in [-0.25, -0.2) is 0 Å². The summed E-state index contributed by atoms with van der Waals surface area (Å²) >= 11 is 3.06. The Kier molecular flexibility index (Phi) is 4.33. The summed E-state index contributed by atoms with van der Waals surface area (Å²) < 4.78 is 5.30. The molecule has 20 heavy (non-hydrogen) atoms. The Labute approximate surface area is 123 Å². The molecule has 0 saturated carbocycles. The highest BCUT2D eigenvalue weighted by molar-refractivity contribution is 9.10. The minimum atomic E-state index is -1.42. The van der Waals surface area contributed by atoms with Gasteiger partial charge in [0.2, 0.25) is 5.91 Å². The first-order valence-corrected chi connectivity index (χ1v) is 6.45. The first kappa shape index (κ1) is 14.0. The van der Waals surface area contributed by atoms with E-state index in [0.29, 0.717) is 10.4 Å². The van der Waals surface area contributed by atoms with Gasteiger partial charge in [-0.15, -0.1) is 0 Å². The third-order valence-corrected chi connectivity index (χ3v) is 2.96. The van der Waals surface area contributed by atoms with Crippen LogP contribution >= 0.6 is 15.9 Å². The molecule has 1 heterocycles. The van der Waals surface area contributed by atoms with Crippen LogP contribution < -0.4 is 5.32 Å². The average Bonchev–Trinajstić information content (AvgIpc) is 2.87. The Morgan fingerprint density at radius 3 is 2.55 bits per heavy atom. The fraction of sp³-hybridized carbons (Fsp3) is 0.0714. The number of Topliss-reactive ketones (excluding diaryl/α,β-unsaturated/α-hetero) is 1. The highest BCUT2D eigenvalue weighted by Crippen LogP contribution is 2.18.